The molecule has 0 fully saturated rings. The number of aliphatic carboxylic acids is 1. The van der Waals surface area contributed by atoms with E-state index in [1.165, 1.54) is 6.92 Å². The summed E-state index contributed by atoms with van der Waals surface area (Å²) in [6.45, 7) is 3.91. The van der Waals surface area contributed by atoms with Crippen molar-refractivity contribution in [2.75, 3.05) is 6.61 Å². The highest BCUT2D eigenvalue weighted by Crippen LogP contribution is 2.18. The van der Waals surface area contributed by atoms with Crippen molar-refractivity contribution in [1.82, 2.24) is 0 Å². The fourth-order valence-corrected chi connectivity index (χ4v) is 1.03. The first kappa shape index (κ1) is 11.4. The van der Waals surface area contributed by atoms with Crippen molar-refractivity contribution in [2.24, 2.45) is 0 Å². The quantitative estimate of drug-likeness (QED) is 0.712. The molecule has 0 unspecified atom stereocenters. The Morgan fingerprint density at radius 2 is 1.87 bits per heavy atom. The molecule has 0 aliphatic rings. The van der Waals surface area contributed by atoms with E-state index in [0.29, 0.717) is 12.4 Å². The van der Waals surface area contributed by atoms with Crippen LogP contribution in [0.5, 0.6) is 11.5 Å². The molecule has 0 bridgehead atoms. The topological polar surface area (TPSA) is 58.6 Å². The van der Waals surface area contributed by atoms with Crippen LogP contribution in [0.25, 0.3) is 0 Å². The van der Waals surface area contributed by atoms with E-state index in [4.69, 9.17) is 9.47 Å². The number of carboxylic acids is 1. The Morgan fingerprint density at radius 1 is 1.33 bits per heavy atom. The minimum atomic E-state index is -1.23. The highest BCUT2D eigenvalue weighted by molar-refractivity contribution is 5.69. The standard InChI is InChI=1S/C11H14O4/c1-3-14-9-4-6-10(7-5-9)15-8(2)11(12)13/h4-8H,3H2,1-2H3,(H,12,13)/p-1/t8-/m1/s1. The van der Waals surface area contributed by atoms with Gasteiger partial charge in [0.1, 0.15) is 17.6 Å². The smallest absolute Gasteiger partial charge is 0.135 e. The van der Waals surface area contributed by atoms with Gasteiger partial charge in [0.25, 0.3) is 0 Å². The summed E-state index contributed by atoms with van der Waals surface area (Å²) in [5, 5.41) is 10.4. The molecule has 0 radical (unpaired) electrons. The molecule has 0 saturated carbocycles. The Morgan fingerprint density at radius 3 is 2.33 bits per heavy atom. The minimum Gasteiger partial charge on any atom is -0.546 e. The van der Waals surface area contributed by atoms with Crippen LogP contribution in [0.3, 0.4) is 0 Å². The first-order valence-electron chi connectivity index (χ1n) is 4.74. The number of hydrogen-bond acceptors (Lipinski definition) is 4. The maximum atomic E-state index is 10.4. The van der Waals surface area contributed by atoms with Gasteiger partial charge >= 0.3 is 0 Å². The maximum absolute atomic E-state index is 10.4. The van der Waals surface area contributed by atoms with E-state index in [1.807, 2.05) is 6.92 Å². The monoisotopic (exact) mass is 209 g/mol. The third-order valence-electron chi connectivity index (χ3n) is 1.78. The summed E-state index contributed by atoms with van der Waals surface area (Å²) in [6, 6.07) is 6.76. The van der Waals surface area contributed by atoms with Crippen LogP contribution in [-0.2, 0) is 4.79 Å². The van der Waals surface area contributed by atoms with Gasteiger partial charge in [-0.25, -0.2) is 0 Å². The second kappa shape index (κ2) is 5.24. The Labute approximate surface area is 88.4 Å². The van der Waals surface area contributed by atoms with E-state index in [-0.39, 0.29) is 0 Å². The Kier molecular flexibility index (Phi) is 3.97. The number of hydrogen-bond donors (Lipinski definition) is 0. The molecule has 0 heterocycles. The zero-order chi connectivity index (χ0) is 11.3. The van der Waals surface area contributed by atoms with E-state index >= 15 is 0 Å². The summed E-state index contributed by atoms with van der Waals surface area (Å²) in [5.41, 5.74) is 0. The molecule has 0 N–H and O–H groups in total. The van der Waals surface area contributed by atoms with Crippen LogP contribution in [0, 0.1) is 0 Å². The summed E-state index contributed by atoms with van der Waals surface area (Å²) in [4.78, 5) is 10.4. The summed E-state index contributed by atoms with van der Waals surface area (Å²) >= 11 is 0. The van der Waals surface area contributed by atoms with Crippen molar-refractivity contribution in [3.8, 4) is 11.5 Å². The molecule has 4 heteroatoms. The lowest BCUT2D eigenvalue weighted by Gasteiger charge is -2.15. The third-order valence-corrected chi connectivity index (χ3v) is 1.78. The first-order chi connectivity index (χ1) is 7.13. The van der Waals surface area contributed by atoms with Crippen molar-refractivity contribution >= 4 is 5.97 Å². The number of carbonyl (C=O) groups is 1. The molecule has 1 atom stereocenters. The van der Waals surface area contributed by atoms with E-state index < -0.39 is 12.1 Å². The lowest BCUT2D eigenvalue weighted by atomic mass is 10.3. The number of carbonyl (C=O) groups excluding carboxylic acids is 1. The number of carboxylic acid groups (broad SMARTS) is 1. The van der Waals surface area contributed by atoms with Gasteiger partial charge in [0.05, 0.1) is 12.6 Å². The molecule has 0 saturated heterocycles. The van der Waals surface area contributed by atoms with Crippen molar-refractivity contribution < 1.29 is 19.4 Å². The van der Waals surface area contributed by atoms with Crippen LogP contribution in [0.4, 0.5) is 0 Å². The van der Waals surface area contributed by atoms with E-state index in [1.54, 1.807) is 24.3 Å². The van der Waals surface area contributed by atoms with Gasteiger partial charge in [-0.1, -0.05) is 0 Å². The molecular weight excluding hydrogens is 196 g/mol. The maximum Gasteiger partial charge on any atom is 0.135 e. The SMILES string of the molecule is CCOc1ccc(O[C@H](C)C(=O)[O-])cc1. The lowest BCUT2D eigenvalue weighted by molar-refractivity contribution is -0.312. The summed E-state index contributed by atoms with van der Waals surface area (Å²) in [6.07, 6.45) is -0.956. The van der Waals surface area contributed by atoms with Gasteiger partial charge < -0.3 is 19.4 Å². The van der Waals surface area contributed by atoms with Crippen LogP contribution in [-0.4, -0.2) is 18.7 Å². The molecule has 0 aliphatic carbocycles. The number of ether oxygens (including phenoxy) is 2. The van der Waals surface area contributed by atoms with Crippen LogP contribution in [0.2, 0.25) is 0 Å². The summed E-state index contributed by atoms with van der Waals surface area (Å²) in [7, 11) is 0. The zero-order valence-electron chi connectivity index (χ0n) is 8.73. The van der Waals surface area contributed by atoms with Gasteiger partial charge in [-0.2, -0.15) is 0 Å². The minimum absolute atomic E-state index is 0.482. The molecule has 0 aliphatic heterocycles. The number of benzene rings is 1. The molecule has 82 valence electrons. The van der Waals surface area contributed by atoms with Gasteiger partial charge in [0.2, 0.25) is 0 Å². The second-order valence-electron chi connectivity index (χ2n) is 2.98. The van der Waals surface area contributed by atoms with Crippen LogP contribution in [0.15, 0.2) is 24.3 Å². The number of rotatable bonds is 5. The van der Waals surface area contributed by atoms with Gasteiger partial charge in [0, 0.05) is 0 Å². The average Bonchev–Trinajstić information content (AvgIpc) is 2.21. The molecule has 0 amide bonds. The van der Waals surface area contributed by atoms with Gasteiger partial charge in [0.15, 0.2) is 0 Å². The molecule has 1 rings (SSSR count). The van der Waals surface area contributed by atoms with Crippen molar-refractivity contribution in [3.05, 3.63) is 24.3 Å². The molecular formula is C11H13O4-. The fraction of sp³-hybridized carbons (Fsp3) is 0.364. The van der Waals surface area contributed by atoms with Crippen LogP contribution >= 0.6 is 0 Å². The van der Waals surface area contributed by atoms with Crippen molar-refractivity contribution in [1.29, 1.82) is 0 Å². The van der Waals surface area contributed by atoms with Crippen molar-refractivity contribution in [2.45, 2.75) is 20.0 Å². The molecule has 4 nitrogen and oxygen atoms in total. The molecule has 1 aromatic carbocycles. The third kappa shape index (κ3) is 3.50. The highest BCUT2D eigenvalue weighted by atomic mass is 16.5. The average molecular weight is 209 g/mol. The Bertz CT molecular complexity index is 318. The summed E-state index contributed by atoms with van der Waals surface area (Å²) in [5.74, 6) is -0.0232. The fourth-order valence-electron chi connectivity index (χ4n) is 1.03. The normalized spacial score (nSPS) is 11.9. The van der Waals surface area contributed by atoms with E-state index in [9.17, 15) is 9.90 Å². The highest BCUT2D eigenvalue weighted by Gasteiger charge is 2.04. The first-order valence-corrected chi connectivity index (χ1v) is 4.74. The largest absolute Gasteiger partial charge is 0.546 e. The summed E-state index contributed by atoms with van der Waals surface area (Å²) < 4.78 is 10.3. The Hall–Kier alpha value is -1.71. The molecule has 0 aromatic heterocycles. The van der Waals surface area contributed by atoms with Gasteiger partial charge in [-0.15, -0.1) is 0 Å². The second-order valence-corrected chi connectivity index (χ2v) is 2.98. The van der Waals surface area contributed by atoms with E-state index in [0.717, 1.165) is 5.75 Å². The van der Waals surface area contributed by atoms with Gasteiger partial charge in [-0.3, -0.25) is 0 Å². The molecule has 0 spiro atoms. The van der Waals surface area contributed by atoms with Crippen molar-refractivity contribution in [3.63, 3.8) is 0 Å². The molecule has 1 aromatic rings. The van der Waals surface area contributed by atoms with Gasteiger partial charge in [-0.05, 0) is 38.1 Å². The molecule has 15 heavy (non-hydrogen) atoms. The predicted molar refractivity (Wildman–Crippen MR) is 52.7 cm³/mol. The van der Waals surface area contributed by atoms with E-state index in [2.05, 4.69) is 0 Å². The predicted octanol–water partition coefficient (Wildman–Crippen LogP) is 0.602. The van der Waals surface area contributed by atoms with Crippen LogP contribution in [0.1, 0.15) is 13.8 Å². The van der Waals surface area contributed by atoms with Crippen LogP contribution < -0.4 is 14.6 Å². The Balaban J connectivity index is 2.60. The lowest BCUT2D eigenvalue weighted by Crippen LogP contribution is -2.37. The zero-order valence-corrected chi connectivity index (χ0v) is 8.73.